The van der Waals surface area contributed by atoms with Gasteiger partial charge in [0.15, 0.2) is 5.78 Å². The summed E-state index contributed by atoms with van der Waals surface area (Å²) in [4.78, 5) is 15.5. The van der Waals surface area contributed by atoms with Gasteiger partial charge in [-0.2, -0.15) is 0 Å². The number of methoxy groups -OCH3 is 1. The molecular weight excluding hydrogens is 516 g/mol. The molecule has 0 spiro atoms. The lowest BCUT2D eigenvalue weighted by Crippen LogP contribution is -2.32. The zero-order chi connectivity index (χ0) is 26.1. The highest BCUT2D eigenvalue weighted by molar-refractivity contribution is 8.93. The molecular formula is C30H43BrN2O3. The maximum absolute atomic E-state index is 13.6. The number of hydrogen-bond acceptors (Lipinski definition) is 4. The second-order valence-corrected chi connectivity index (χ2v) is 11.9. The number of phenols is 1. The van der Waals surface area contributed by atoms with E-state index in [9.17, 15) is 9.90 Å². The van der Waals surface area contributed by atoms with Crippen molar-refractivity contribution in [2.75, 3.05) is 20.2 Å². The summed E-state index contributed by atoms with van der Waals surface area (Å²) in [5.41, 5.74) is 2.56. The second kappa shape index (κ2) is 11.4. The van der Waals surface area contributed by atoms with E-state index < -0.39 is 0 Å². The first kappa shape index (κ1) is 29.9. The lowest BCUT2D eigenvalue weighted by molar-refractivity contribution is 0.0963. The van der Waals surface area contributed by atoms with Crippen LogP contribution in [0.4, 0.5) is 0 Å². The molecule has 1 aliphatic rings. The number of nitrogens with zero attached hydrogens (tertiary/aromatic N) is 1. The third-order valence-electron chi connectivity index (χ3n) is 7.08. The summed E-state index contributed by atoms with van der Waals surface area (Å²) < 4.78 is 5.61. The van der Waals surface area contributed by atoms with Gasteiger partial charge < -0.3 is 14.7 Å². The first-order valence-electron chi connectivity index (χ1n) is 12.7. The molecule has 1 fully saturated rings. The number of benzene rings is 2. The molecule has 0 aliphatic carbocycles. The van der Waals surface area contributed by atoms with E-state index in [1.165, 1.54) is 0 Å². The molecule has 1 aliphatic heterocycles. The Hall–Kier alpha value is -2.34. The van der Waals surface area contributed by atoms with E-state index in [0.29, 0.717) is 17.9 Å². The van der Waals surface area contributed by atoms with Crippen LogP contribution in [0.2, 0.25) is 0 Å². The largest absolute Gasteiger partial charge is 0.507 e. The summed E-state index contributed by atoms with van der Waals surface area (Å²) in [6.07, 6.45) is 2.00. The molecule has 36 heavy (non-hydrogen) atoms. The van der Waals surface area contributed by atoms with Crippen LogP contribution in [-0.2, 0) is 10.8 Å². The molecule has 0 amide bonds. The predicted octanol–water partition coefficient (Wildman–Crippen LogP) is 7.25. The van der Waals surface area contributed by atoms with Crippen LogP contribution >= 0.6 is 17.0 Å². The minimum atomic E-state index is -0.304. The Morgan fingerprint density at radius 1 is 1.08 bits per heavy atom. The van der Waals surface area contributed by atoms with Crippen molar-refractivity contribution in [3.8, 4) is 11.5 Å². The number of para-hydroxylation sites is 1. The fraction of sp³-hybridized carbons (Fsp3) is 0.533. The lowest BCUT2D eigenvalue weighted by Gasteiger charge is -2.28. The number of halogens is 1. The molecule has 2 aromatic carbocycles. The summed E-state index contributed by atoms with van der Waals surface area (Å²) in [6, 6.07) is 11.6. The molecule has 6 heteroatoms. The summed E-state index contributed by atoms with van der Waals surface area (Å²) in [5, 5.41) is 20.1. The summed E-state index contributed by atoms with van der Waals surface area (Å²) in [6.45, 7) is 15.3. The van der Waals surface area contributed by atoms with Crippen LogP contribution < -0.4 is 4.74 Å². The number of nitrogens with one attached hydrogen (secondary N) is 1. The Bertz CT molecular complexity index is 1060. The lowest BCUT2D eigenvalue weighted by atomic mass is 9.78. The number of amidine groups is 1. The van der Waals surface area contributed by atoms with Crippen molar-refractivity contribution < 1.29 is 14.6 Å². The highest BCUT2D eigenvalue weighted by atomic mass is 79.9. The van der Waals surface area contributed by atoms with Gasteiger partial charge in [0, 0.05) is 34.7 Å². The van der Waals surface area contributed by atoms with Gasteiger partial charge in [0.2, 0.25) is 0 Å². The van der Waals surface area contributed by atoms with Gasteiger partial charge in [0.05, 0.1) is 13.7 Å². The molecule has 0 aromatic heterocycles. The Labute approximate surface area is 227 Å². The van der Waals surface area contributed by atoms with Crippen molar-refractivity contribution in [1.82, 2.24) is 4.90 Å². The molecule has 3 rings (SSSR count). The summed E-state index contributed by atoms with van der Waals surface area (Å²) in [5.74, 6) is 1.68. The molecule has 1 heterocycles. The van der Waals surface area contributed by atoms with Gasteiger partial charge in [-0.1, -0.05) is 73.1 Å². The fourth-order valence-corrected chi connectivity index (χ4v) is 5.21. The number of Topliss-reactive ketones (excluding diaryl/α,β-unsaturated/α-hetero) is 1. The number of aromatic hydroxyl groups is 1. The summed E-state index contributed by atoms with van der Waals surface area (Å²) >= 11 is 0. The summed E-state index contributed by atoms with van der Waals surface area (Å²) in [7, 11) is 1.66. The monoisotopic (exact) mass is 558 g/mol. The van der Waals surface area contributed by atoms with Gasteiger partial charge in [-0.15, -0.1) is 17.0 Å². The maximum Gasteiger partial charge on any atom is 0.182 e. The normalized spacial score (nSPS) is 18.2. The van der Waals surface area contributed by atoms with E-state index in [-0.39, 0.29) is 57.7 Å². The van der Waals surface area contributed by atoms with Gasteiger partial charge in [0.25, 0.3) is 0 Å². The van der Waals surface area contributed by atoms with Crippen molar-refractivity contribution in [2.24, 2.45) is 5.92 Å². The Balaban J connectivity index is 0.00000456. The van der Waals surface area contributed by atoms with Gasteiger partial charge in [0.1, 0.15) is 17.3 Å². The van der Waals surface area contributed by atoms with Gasteiger partial charge >= 0.3 is 0 Å². The Morgan fingerprint density at radius 2 is 1.64 bits per heavy atom. The van der Waals surface area contributed by atoms with Crippen molar-refractivity contribution in [3.63, 3.8) is 0 Å². The highest BCUT2D eigenvalue weighted by Crippen LogP contribution is 2.42. The average Bonchev–Trinajstić information content (AvgIpc) is 3.06. The first-order chi connectivity index (χ1) is 16.3. The van der Waals surface area contributed by atoms with Crippen molar-refractivity contribution in [2.45, 2.75) is 78.1 Å². The van der Waals surface area contributed by atoms with E-state index >= 15 is 0 Å². The average molecular weight is 560 g/mol. The van der Waals surface area contributed by atoms with Crippen LogP contribution in [0.5, 0.6) is 11.5 Å². The van der Waals surface area contributed by atoms with Crippen LogP contribution in [0.15, 0.2) is 36.4 Å². The predicted molar refractivity (Wildman–Crippen MR) is 154 cm³/mol. The maximum atomic E-state index is 13.6. The molecule has 0 bridgehead atoms. The first-order valence-corrected chi connectivity index (χ1v) is 12.7. The molecule has 2 N–H and O–H groups in total. The van der Waals surface area contributed by atoms with E-state index in [0.717, 1.165) is 35.3 Å². The van der Waals surface area contributed by atoms with Crippen molar-refractivity contribution >= 4 is 28.6 Å². The number of carbonyl (C=O) groups excluding carboxylic acids is 1. The van der Waals surface area contributed by atoms with Crippen LogP contribution in [0, 0.1) is 11.3 Å². The number of phenolic OH excluding ortho intramolecular Hbond substituents is 1. The van der Waals surface area contributed by atoms with Crippen molar-refractivity contribution in [3.05, 3.63) is 58.7 Å². The number of likely N-dealkylation sites (tertiary alicyclic amines) is 1. The molecule has 5 nitrogen and oxygen atoms in total. The van der Waals surface area contributed by atoms with E-state index in [1.54, 1.807) is 7.11 Å². The number of ketones is 1. The quantitative estimate of drug-likeness (QED) is 0.351. The highest BCUT2D eigenvalue weighted by Gasteiger charge is 2.40. The minimum Gasteiger partial charge on any atom is -0.507 e. The topological polar surface area (TPSA) is 73.6 Å². The molecule has 0 saturated carbocycles. The SMILES string of the molecule is Br.CCC[C@@H]1CN(CC(=O)c2cc(C(C)(C)C)c(O)c(C(C)(C)C)c2)C(=N)[C@@H]1c1ccccc1OC. The number of rotatable bonds is 7. The molecule has 1 saturated heterocycles. The molecule has 0 radical (unpaired) electrons. The van der Waals surface area contributed by atoms with E-state index in [4.69, 9.17) is 10.1 Å². The second-order valence-electron chi connectivity index (χ2n) is 11.9. The van der Waals surface area contributed by atoms with E-state index in [1.807, 2.05) is 82.8 Å². The van der Waals surface area contributed by atoms with Crippen molar-refractivity contribution in [1.29, 1.82) is 5.41 Å². The Morgan fingerprint density at radius 3 is 2.14 bits per heavy atom. The number of hydrogen-bond donors (Lipinski definition) is 2. The third kappa shape index (κ3) is 6.13. The Kier molecular flexibility index (Phi) is 9.44. The zero-order valence-electron chi connectivity index (χ0n) is 23.1. The number of carbonyl (C=O) groups is 1. The van der Waals surface area contributed by atoms with E-state index in [2.05, 4.69) is 6.92 Å². The van der Waals surface area contributed by atoms with Crippen LogP contribution in [0.25, 0.3) is 0 Å². The fourth-order valence-electron chi connectivity index (χ4n) is 5.21. The smallest absolute Gasteiger partial charge is 0.182 e. The van der Waals surface area contributed by atoms with Gasteiger partial charge in [-0.05, 0) is 41.4 Å². The van der Waals surface area contributed by atoms with Gasteiger partial charge in [-0.3, -0.25) is 10.2 Å². The van der Waals surface area contributed by atoms with Crippen LogP contribution in [0.3, 0.4) is 0 Å². The van der Waals surface area contributed by atoms with Crippen LogP contribution in [0.1, 0.15) is 94.3 Å². The van der Waals surface area contributed by atoms with Crippen LogP contribution in [-0.4, -0.2) is 41.8 Å². The molecule has 2 atom stereocenters. The molecule has 2 aromatic rings. The standard InChI is InChI=1S/C30H42N2O3.BrH/c1-9-12-19-17-32(28(31)26(19)21-13-10-11-14-25(21)35-8)18-24(33)20-15-22(29(2,3)4)27(34)23(16-20)30(5,6)7;/h10-11,13-16,19,26,31,34H,9,12,17-18H2,1-8H3;1H/t19-,26+;/m1./s1. The number of ether oxygens (including phenoxy) is 1. The molecule has 198 valence electrons. The zero-order valence-corrected chi connectivity index (χ0v) is 24.8. The minimum absolute atomic E-state index is 0. The molecule has 0 unspecified atom stereocenters. The third-order valence-corrected chi connectivity index (χ3v) is 7.08. The van der Waals surface area contributed by atoms with Gasteiger partial charge in [-0.25, -0.2) is 0 Å².